The lowest BCUT2D eigenvalue weighted by Gasteiger charge is -2.16. The summed E-state index contributed by atoms with van der Waals surface area (Å²) in [5.74, 6) is 2.75. The van der Waals surface area contributed by atoms with Crippen LogP contribution in [0.15, 0.2) is 28.0 Å². The van der Waals surface area contributed by atoms with Crippen molar-refractivity contribution in [3.05, 3.63) is 18.0 Å². The second-order valence-corrected chi connectivity index (χ2v) is 4.06. The largest absolute Gasteiger partial charge is 0.255 e. The molecular formula is C10H14N2. The Morgan fingerprint density at radius 1 is 1.42 bits per heavy atom. The van der Waals surface area contributed by atoms with E-state index < -0.39 is 0 Å². The molecule has 0 unspecified atom stereocenters. The highest BCUT2D eigenvalue weighted by Crippen LogP contribution is 2.24. The summed E-state index contributed by atoms with van der Waals surface area (Å²) in [7, 11) is 0. The van der Waals surface area contributed by atoms with Crippen molar-refractivity contribution in [2.75, 3.05) is 0 Å². The van der Waals surface area contributed by atoms with Crippen LogP contribution in [0.5, 0.6) is 0 Å². The normalized spacial score (nSPS) is 16.1. The Balaban J connectivity index is 2.71. The van der Waals surface area contributed by atoms with E-state index >= 15 is 0 Å². The van der Waals surface area contributed by atoms with E-state index in [1.807, 2.05) is 6.08 Å². The van der Waals surface area contributed by atoms with Gasteiger partial charge < -0.3 is 0 Å². The molecule has 0 aromatic carbocycles. The van der Waals surface area contributed by atoms with E-state index in [2.05, 4.69) is 36.6 Å². The fourth-order valence-electron chi connectivity index (χ4n) is 0.996. The minimum absolute atomic E-state index is 0.273. The van der Waals surface area contributed by atoms with Gasteiger partial charge in [-0.2, -0.15) is 0 Å². The third kappa shape index (κ3) is 3.31. The van der Waals surface area contributed by atoms with E-state index in [9.17, 15) is 0 Å². The van der Waals surface area contributed by atoms with Gasteiger partial charge in [0, 0.05) is 12.1 Å². The van der Waals surface area contributed by atoms with Crippen molar-refractivity contribution < 1.29 is 0 Å². The van der Waals surface area contributed by atoms with Gasteiger partial charge in [0.25, 0.3) is 0 Å². The number of nitrogens with zero attached hydrogens (tertiary/aromatic N) is 2. The molecule has 64 valence electrons. The lowest BCUT2D eigenvalue weighted by atomic mass is 9.90. The molecule has 0 bridgehead atoms. The number of hydrogen-bond acceptors (Lipinski definition) is 2. The molecule has 0 saturated carbocycles. The van der Waals surface area contributed by atoms with Gasteiger partial charge in [-0.05, 0) is 17.9 Å². The highest BCUT2D eigenvalue weighted by molar-refractivity contribution is 5.76. The Kier molecular flexibility index (Phi) is 2.61. The fourth-order valence-corrected chi connectivity index (χ4v) is 0.996. The van der Waals surface area contributed by atoms with Gasteiger partial charge in [0.2, 0.25) is 0 Å². The summed E-state index contributed by atoms with van der Waals surface area (Å²) in [6.45, 7) is 6.57. The maximum Gasteiger partial charge on any atom is 0.0881 e. The van der Waals surface area contributed by atoms with Crippen molar-refractivity contribution in [2.45, 2.75) is 27.2 Å². The molecule has 0 atom stereocenters. The molecule has 2 heteroatoms. The Morgan fingerprint density at radius 2 is 2.17 bits per heavy atom. The molecule has 12 heavy (non-hydrogen) atoms. The van der Waals surface area contributed by atoms with Crippen LogP contribution < -0.4 is 0 Å². The molecular weight excluding hydrogens is 148 g/mol. The van der Waals surface area contributed by atoms with Crippen molar-refractivity contribution in [3.63, 3.8) is 0 Å². The van der Waals surface area contributed by atoms with Gasteiger partial charge in [0.05, 0.1) is 11.9 Å². The van der Waals surface area contributed by atoms with Gasteiger partial charge in [-0.1, -0.05) is 20.8 Å². The van der Waals surface area contributed by atoms with E-state index in [4.69, 9.17) is 0 Å². The molecule has 0 fully saturated rings. The summed E-state index contributed by atoms with van der Waals surface area (Å²) >= 11 is 0. The summed E-state index contributed by atoms with van der Waals surface area (Å²) in [5.41, 5.74) is 1.31. The third-order valence-corrected chi connectivity index (χ3v) is 1.40. The summed E-state index contributed by atoms with van der Waals surface area (Å²) in [5, 5.41) is 0. The molecule has 2 nitrogen and oxygen atoms in total. The molecule has 1 heterocycles. The van der Waals surface area contributed by atoms with Crippen LogP contribution in [0.25, 0.3) is 0 Å². The average Bonchev–Trinajstić information content (AvgIpc) is 2.12. The van der Waals surface area contributed by atoms with Gasteiger partial charge in [0.1, 0.15) is 0 Å². The van der Waals surface area contributed by atoms with Crippen LogP contribution >= 0.6 is 0 Å². The molecule has 0 amide bonds. The van der Waals surface area contributed by atoms with Crippen molar-refractivity contribution in [2.24, 2.45) is 15.4 Å². The average molecular weight is 162 g/mol. The molecule has 0 N–H and O–H groups in total. The maximum absolute atomic E-state index is 4.14. The summed E-state index contributed by atoms with van der Waals surface area (Å²) in [6, 6.07) is 0. The number of hydrogen-bond donors (Lipinski definition) is 0. The molecule has 0 aromatic heterocycles. The third-order valence-electron chi connectivity index (χ3n) is 1.40. The molecule has 1 aliphatic heterocycles. The van der Waals surface area contributed by atoms with Crippen LogP contribution in [0.4, 0.5) is 0 Å². The first-order valence-electron chi connectivity index (χ1n) is 4.08. The monoisotopic (exact) mass is 162 g/mol. The van der Waals surface area contributed by atoms with Crippen molar-refractivity contribution >= 4 is 12.1 Å². The molecule has 0 aliphatic carbocycles. The lowest BCUT2D eigenvalue weighted by molar-refractivity contribution is 0.408. The predicted octanol–water partition coefficient (Wildman–Crippen LogP) is 2.57. The quantitative estimate of drug-likeness (QED) is 0.566. The molecule has 1 aliphatic rings. The first-order chi connectivity index (χ1) is 5.58. The van der Waals surface area contributed by atoms with Crippen LogP contribution in [0.2, 0.25) is 0 Å². The fraction of sp³-hybridized carbons (Fsp3) is 0.500. The highest BCUT2D eigenvalue weighted by Gasteiger charge is 2.12. The zero-order valence-corrected chi connectivity index (χ0v) is 7.83. The van der Waals surface area contributed by atoms with Crippen LogP contribution in [-0.2, 0) is 0 Å². The van der Waals surface area contributed by atoms with Crippen LogP contribution in [-0.4, -0.2) is 12.1 Å². The van der Waals surface area contributed by atoms with E-state index in [0.29, 0.717) is 0 Å². The molecule has 0 radical (unpaired) electrons. The Morgan fingerprint density at radius 3 is 2.83 bits per heavy atom. The summed E-state index contributed by atoms with van der Waals surface area (Å²) in [4.78, 5) is 8.06. The first kappa shape index (κ1) is 8.95. The molecule has 0 spiro atoms. The molecule has 1 rings (SSSR count). The van der Waals surface area contributed by atoms with E-state index in [-0.39, 0.29) is 5.41 Å². The number of allylic oxidation sites excluding steroid dienone is 2. The molecule has 0 aromatic rings. The Hall–Kier alpha value is -1.14. The van der Waals surface area contributed by atoms with Crippen molar-refractivity contribution in [1.29, 1.82) is 0 Å². The minimum atomic E-state index is 0.273. The van der Waals surface area contributed by atoms with Gasteiger partial charge in [-0.15, -0.1) is 0 Å². The van der Waals surface area contributed by atoms with Crippen LogP contribution in [0, 0.1) is 5.41 Å². The van der Waals surface area contributed by atoms with Crippen molar-refractivity contribution in [1.82, 2.24) is 0 Å². The predicted molar refractivity (Wildman–Crippen MR) is 52.7 cm³/mol. The van der Waals surface area contributed by atoms with Gasteiger partial charge >= 0.3 is 0 Å². The Labute approximate surface area is 73.4 Å². The first-order valence-corrected chi connectivity index (χ1v) is 4.08. The van der Waals surface area contributed by atoms with Crippen LogP contribution in [0.3, 0.4) is 0 Å². The van der Waals surface area contributed by atoms with Gasteiger partial charge in [-0.3, -0.25) is 4.99 Å². The Bertz CT molecular complexity index is 271. The number of aliphatic imine (C=N–C) groups is 2. The standard InChI is InChI=1S/C10H14N2/c1-10(2,3)8-9-4-5-11-6-7-12-9/h4-6H,8H2,1-3H3. The van der Waals surface area contributed by atoms with Crippen LogP contribution in [0.1, 0.15) is 27.2 Å². The summed E-state index contributed by atoms with van der Waals surface area (Å²) < 4.78 is 0. The molecule has 0 saturated heterocycles. The van der Waals surface area contributed by atoms with E-state index in [0.717, 1.165) is 12.1 Å². The lowest BCUT2D eigenvalue weighted by Crippen LogP contribution is -2.05. The second-order valence-electron chi connectivity index (χ2n) is 4.06. The van der Waals surface area contributed by atoms with Crippen molar-refractivity contribution in [3.8, 4) is 0 Å². The maximum atomic E-state index is 4.14. The minimum Gasteiger partial charge on any atom is -0.255 e. The second kappa shape index (κ2) is 3.51. The van der Waals surface area contributed by atoms with E-state index in [1.165, 1.54) is 0 Å². The van der Waals surface area contributed by atoms with Gasteiger partial charge in [-0.25, -0.2) is 4.99 Å². The highest BCUT2D eigenvalue weighted by atomic mass is 14.8. The smallest absolute Gasteiger partial charge is 0.0881 e. The zero-order chi connectivity index (χ0) is 9.03. The van der Waals surface area contributed by atoms with E-state index in [1.54, 1.807) is 12.4 Å². The zero-order valence-electron chi connectivity index (χ0n) is 7.83. The SMILES string of the molecule is CC(C)(C)CC1=CC=NC=C=N1. The van der Waals surface area contributed by atoms with Gasteiger partial charge in [0.15, 0.2) is 0 Å². The summed E-state index contributed by atoms with van der Waals surface area (Å²) in [6.07, 6.45) is 6.22. The topological polar surface area (TPSA) is 24.7 Å². The number of rotatable bonds is 1.